The van der Waals surface area contributed by atoms with Gasteiger partial charge in [-0.3, -0.25) is 0 Å². The molecular weight excluding hydrogens is 208 g/mol. The maximum absolute atomic E-state index is 11.6. The molecule has 1 aliphatic carbocycles. The largest absolute Gasteiger partial charge is 0.480 e. The first-order valence-electron chi connectivity index (χ1n) is 5.89. The Morgan fingerprint density at radius 2 is 2.12 bits per heavy atom. The van der Waals surface area contributed by atoms with E-state index in [1.165, 1.54) is 17.7 Å². The number of amides is 2. The first-order chi connectivity index (χ1) is 7.59. The number of carbonyl (C=O) groups excluding carboxylic acids is 1. The van der Waals surface area contributed by atoms with Crippen molar-refractivity contribution in [1.29, 1.82) is 0 Å². The van der Waals surface area contributed by atoms with Crippen LogP contribution >= 0.6 is 0 Å². The summed E-state index contributed by atoms with van der Waals surface area (Å²) in [6.07, 6.45) is 4.76. The van der Waals surface area contributed by atoms with Crippen molar-refractivity contribution >= 4 is 12.0 Å². The van der Waals surface area contributed by atoms with Gasteiger partial charge in [0.1, 0.15) is 6.04 Å². The fourth-order valence-electron chi connectivity index (χ4n) is 2.68. The molecule has 90 valence electrons. The third-order valence-electron chi connectivity index (χ3n) is 3.76. The SMILES string of the molecule is CC(C(=O)O)N1CC(C2CCCC2)NC1=O. The van der Waals surface area contributed by atoms with Crippen LogP contribution in [0, 0.1) is 5.92 Å². The Bertz CT molecular complexity index is 300. The van der Waals surface area contributed by atoms with Crippen molar-refractivity contribution in [3.63, 3.8) is 0 Å². The molecule has 5 nitrogen and oxygen atoms in total. The van der Waals surface area contributed by atoms with E-state index < -0.39 is 12.0 Å². The van der Waals surface area contributed by atoms with Crippen molar-refractivity contribution < 1.29 is 14.7 Å². The van der Waals surface area contributed by atoms with Crippen LogP contribution in [-0.4, -0.2) is 40.6 Å². The quantitative estimate of drug-likeness (QED) is 0.755. The average Bonchev–Trinajstić information content (AvgIpc) is 2.84. The highest BCUT2D eigenvalue weighted by Crippen LogP contribution is 2.30. The van der Waals surface area contributed by atoms with Crippen molar-refractivity contribution in [3.05, 3.63) is 0 Å². The minimum Gasteiger partial charge on any atom is -0.480 e. The molecule has 0 spiro atoms. The van der Waals surface area contributed by atoms with Gasteiger partial charge in [-0.05, 0) is 25.7 Å². The molecule has 2 rings (SSSR count). The van der Waals surface area contributed by atoms with Crippen molar-refractivity contribution in [3.8, 4) is 0 Å². The molecule has 0 aromatic heterocycles. The molecule has 2 atom stereocenters. The highest BCUT2D eigenvalue weighted by atomic mass is 16.4. The molecular formula is C11H18N2O3. The maximum Gasteiger partial charge on any atom is 0.326 e. The molecule has 2 aliphatic rings. The number of nitrogens with one attached hydrogen (secondary N) is 1. The predicted molar refractivity (Wildman–Crippen MR) is 58.1 cm³/mol. The van der Waals surface area contributed by atoms with Crippen LogP contribution in [0.3, 0.4) is 0 Å². The van der Waals surface area contributed by atoms with Gasteiger partial charge in [0, 0.05) is 6.54 Å². The number of carboxylic acids is 1. The lowest BCUT2D eigenvalue weighted by Gasteiger charge is -2.20. The van der Waals surface area contributed by atoms with Crippen LogP contribution < -0.4 is 5.32 Å². The lowest BCUT2D eigenvalue weighted by atomic mass is 9.99. The summed E-state index contributed by atoms with van der Waals surface area (Å²) < 4.78 is 0. The zero-order chi connectivity index (χ0) is 11.7. The zero-order valence-corrected chi connectivity index (χ0v) is 9.48. The summed E-state index contributed by atoms with van der Waals surface area (Å²) in [5.41, 5.74) is 0. The van der Waals surface area contributed by atoms with E-state index in [4.69, 9.17) is 5.11 Å². The zero-order valence-electron chi connectivity index (χ0n) is 9.48. The van der Waals surface area contributed by atoms with Gasteiger partial charge < -0.3 is 15.3 Å². The van der Waals surface area contributed by atoms with Crippen LogP contribution in [-0.2, 0) is 4.79 Å². The Balaban J connectivity index is 1.98. The second kappa shape index (κ2) is 4.31. The standard InChI is InChI=1S/C11H18N2O3/c1-7(10(14)15)13-6-9(12-11(13)16)8-4-2-3-5-8/h7-9H,2-6H2,1H3,(H,12,16)(H,14,15). The first-order valence-corrected chi connectivity index (χ1v) is 5.89. The van der Waals surface area contributed by atoms with Crippen LogP contribution in [0.2, 0.25) is 0 Å². The van der Waals surface area contributed by atoms with Gasteiger partial charge in [0.15, 0.2) is 0 Å². The van der Waals surface area contributed by atoms with E-state index in [2.05, 4.69) is 5.32 Å². The van der Waals surface area contributed by atoms with Crippen molar-refractivity contribution in [1.82, 2.24) is 10.2 Å². The van der Waals surface area contributed by atoms with E-state index in [9.17, 15) is 9.59 Å². The lowest BCUT2D eigenvalue weighted by molar-refractivity contribution is -0.141. The Kier molecular flexibility index (Phi) is 3.03. The maximum atomic E-state index is 11.6. The van der Waals surface area contributed by atoms with Crippen molar-refractivity contribution in [2.45, 2.75) is 44.7 Å². The smallest absolute Gasteiger partial charge is 0.326 e. The molecule has 2 amide bonds. The van der Waals surface area contributed by atoms with E-state index in [1.807, 2.05) is 0 Å². The molecule has 1 saturated carbocycles. The number of hydrogen-bond donors (Lipinski definition) is 2. The number of aliphatic carboxylic acids is 1. The highest BCUT2D eigenvalue weighted by molar-refractivity contribution is 5.84. The van der Waals surface area contributed by atoms with E-state index in [0.717, 1.165) is 12.8 Å². The average molecular weight is 226 g/mol. The number of urea groups is 1. The van der Waals surface area contributed by atoms with Gasteiger partial charge in [-0.25, -0.2) is 9.59 Å². The van der Waals surface area contributed by atoms with Crippen molar-refractivity contribution in [2.24, 2.45) is 5.92 Å². The summed E-state index contributed by atoms with van der Waals surface area (Å²) in [5, 5.41) is 11.8. The van der Waals surface area contributed by atoms with Crippen LogP contribution in [0.25, 0.3) is 0 Å². The Morgan fingerprint density at radius 3 is 2.69 bits per heavy atom. The minimum atomic E-state index is -0.942. The predicted octanol–water partition coefficient (Wildman–Crippen LogP) is 1.04. The molecule has 1 aliphatic heterocycles. The van der Waals surface area contributed by atoms with Crippen LogP contribution in [0.5, 0.6) is 0 Å². The number of rotatable bonds is 3. The van der Waals surface area contributed by atoms with E-state index in [0.29, 0.717) is 12.5 Å². The summed E-state index contributed by atoms with van der Waals surface area (Å²) in [7, 11) is 0. The molecule has 0 radical (unpaired) electrons. The number of hydrogen-bond acceptors (Lipinski definition) is 2. The molecule has 0 aromatic rings. The van der Waals surface area contributed by atoms with Gasteiger partial charge in [0.05, 0.1) is 6.04 Å². The van der Waals surface area contributed by atoms with Crippen LogP contribution in [0.1, 0.15) is 32.6 Å². The van der Waals surface area contributed by atoms with Gasteiger partial charge in [-0.2, -0.15) is 0 Å². The fraction of sp³-hybridized carbons (Fsp3) is 0.818. The van der Waals surface area contributed by atoms with Gasteiger partial charge in [0.25, 0.3) is 0 Å². The Labute approximate surface area is 94.8 Å². The summed E-state index contributed by atoms with van der Waals surface area (Å²) in [5.74, 6) is -0.405. The van der Waals surface area contributed by atoms with Gasteiger partial charge in [-0.1, -0.05) is 12.8 Å². The molecule has 1 heterocycles. The molecule has 1 saturated heterocycles. The monoisotopic (exact) mass is 226 g/mol. The molecule has 2 unspecified atom stereocenters. The lowest BCUT2D eigenvalue weighted by Crippen LogP contribution is -2.41. The number of nitrogens with zero attached hydrogens (tertiary/aromatic N) is 1. The van der Waals surface area contributed by atoms with Gasteiger partial charge in [0.2, 0.25) is 0 Å². The molecule has 0 aromatic carbocycles. The van der Waals surface area contributed by atoms with E-state index in [1.54, 1.807) is 6.92 Å². The molecule has 5 heteroatoms. The first kappa shape index (κ1) is 11.2. The molecule has 2 N–H and O–H groups in total. The second-order valence-corrected chi connectivity index (χ2v) is 4.77. The fourth-order valence-corrected chi connectivity index (χ4v) is 2.68. The molecule has 16 heavy (non-hydrogen) atoms. The Hall–Kier alpha value is -1.26. The van der Waals surface area contributed by atoms with Crippen molar-refractivity contribution in [2.75, 3.05) is 6.54 Å². The third kappa shape index (κ3) is 1.99. The second-order valence-electron chi connectivity index (χ2n) is 4.77. The van der Waals surface area contributed by atoms with E-state index in [-0.39, 0.29) is 12.1 Å². The van der Waals surface area contributed by atoms with Crippen LogP contribution in [0.4, 0.5) is 4.79 Å². The number of carboxylic acid groups (broad SMARTS) is 1. The highest BCUT2D eigenvalue weighted by Gasteiger charge is 2.38. The molecule has 0 bridgehead atoms. The van der Waals surface area contributed by atoms with Gasteiger partial charge in [-0.15, -0.1) is 0 Å². The molecule has 2 fully saturated rings. The van der Waals surface area contributed by atoms with E-state index >= 15 is 0 Å². The summed E-state index contributed by atoms with van der Waals surface area (Å²) in [4.78, 5) is 23.9. The Morgan fingerprint density at radius 1 is 1.50 bits per heavy atom. The minimum absolute atomic E-state index is 0.150. The number of carbonyl (C=O) groups is 2. The van der Waals surface area contributed by atoms with Gasteiger partial charge >= 0.3 is 12.0 Å². The third-order valence-corrected chi connectivity index (χ3v) is 3.76. The summed E-state index contributed by atoms with van der Waals surface area (Å²) in [6, 6.07) is -0.810. The normalized spacial score (nSPS) is 28.2. The van der Waals surface area contributed by atoms with Crippen LogP contribution in [0.15, 0.2) is 0 Å². The summed E-state index contributed by atoms with van der Waals surface area (Å²) >= 11 is 0. The summed E-state index contributed by atoms with van der Waals surface area (Å²) in [6.45, 7) is 2.09. The topological polar surface area (TPSA) is 69.6 Å².